The molecule has 0 unspecified atom stereocenters. The number of nitrogens with two attached hydrogens (primary N) is 1. The first-order valence-corrected chi connectivity index (χ1v) is 6.74. The number of nitrogen functional groups attached to an aromatic ring is 1. The third-order valence-electron chi connectivity index (χ3n) is 3.12. The van der Waals surface area contributed by atoms with Gasteiger partial charge in [-0.1, -0.05) is 30.3 Å². The zero-order valence-corrected chi connectivity index (χ0v) is 11.6. The third kappa shape index (κ3) is 3.85. The van der Waals surface area contributed by atoms with Gasteiger partial charge in [-0.05, 0) is 37.5 Å². The Hall–Kier alpha value is -2.29. The number of aryl methyl sites for hydroxylation is 1. The topological polar surface area (TPSA) is 52.3 Å². The van der Waals surface area contributed by atoms with Gasteiger partial charge in [-0.25, -0.2) is 0 Å². The Labute approximate surface area is 119 Å². The van der Waals surface area contributed by atoms with Gasteiger partial charge in [0, 0.05) is 17.3 Å². The average Bonchev–Trinajstić information content (AvgIpc) is 2.44. The predicted octanol–water partition coefficient (Wildman–Crippen LogP) is 3.48. The van der Waals surface area contributed by atoms with Gasteiger partial charge in [0.05, 0.1) is 6.61 Å². The molecular weight excluding hydrogens is 250 g/mol. The summed E-state index contributed by atoms with van der Waals surface area (Å²) in [5.74, 6) is 0.679. The molecule has 0 fully saturated rings. The molecule has 0 aliphatic carbocycles. The summed E-state index contributed by atoms with van der Waals surface area (Å²) in [5.41, 5.74) is 8.14. The lowest BCUT2D eigenvalue weighted by molar-refractivity contribution is 0.101. The number of Topliss-reactive ketones (excluding diaryl/α,β-unsaturated/α-hetero) is 1. The van der Waals surface area contributed by atoms with E-state index in [1.165, 1.54) is 12.5 Å². The molecule has 0 aromatic heterocycles. The SMILES string of the molecule is CC(=O)c1ccc(OCCCc2ccccc2)cc1N. The maximum atomic E-state index is 11.3. The van der Waals surface area contributed by atoms with E-state index in [9.17, 15) is 4.79 Å². The van der Waals surface area contributed by atoms with Crippen LogP contribution in [0.15, 0.2) is 48.5 Å². The fourth-order valence-corrected chi connectivity index (χ4v) is 2.06. The van der Waals surface area contributed by atoms with Gasteiger partial charge in [-0.15, -0.1) is 0 Å². The number of ketones is 1. The summed E-state index contributed by atoms with van der Waals surface area (Å²) in [5, 5.41) is 0. The van der Waals surface area contributed by atoms with Crippen molar-refractivity contribution in [3.05, 3.63) is 59.7 Å². The van der Waals surface area contributed by atoms with Gasteiger partial charge < -0.3 is 10.5 Å². The summed E-state index contributed by atoms with van der Waals surface area (Å²) in [4.78, 5) is 11.3. The van der Waals surface area contributed by atoms with Crippen molar-refractivity contribution < 1.29 is 9.53 Å². The molecule has 2 aromatic carbocycles. The number of anilines is 1. The van der Waals surface area contributed by atoms with E-state index < -0.39 is 0 Å². The minimum atomic E-state index is -0.0295. The molecule has 0 atom stereocenters. The van der Waals surface area contributed by atoms with Gasteiger partial charge in [-0.3, -0.25) is 4.79 Å². The normalized spacial score (nSPS) is 10.2. The molecule has 20 heavy (non-hydrogen) atoms. The minimum absolute atomic E-state index is 0.0295. The van der Waals surface area contributed by atoms with Crippen molar-refractivity contribution in [1.29, 1.82) is 0 Å². The second kappa shape index (κ2) is 6.75. The molecular formula is C17H19NO2. The van der Waals surface area contributed by atoms with Crippen LogP contribution in [0.4, 0.5) is 5.69 Å². The van der Waals surface area contributed by atoms with Crippen LogP contribution in [0.5, 0.6) is 5.75 Å². The quantitative estimate of drug-likeness (QED) is 0.496. The van der Waals surface area contributed by atoms with Gasteiger partial charge in [0.15, 0.2) is 5.78 Å². The second-order valence-electron chi connectivity index (χ2n) is 4.74. The Balaban J connectivity index is 1.83. The molecule has 3 heteroatoms. The molecule has 0 radical (unpaired) electrons. The van der Waals surface area contributed by atoms with E-state index in [0.29, 0.717) is 23.6 Å². The molecule has 0 heterocycles. The molecule has 2 aromatic rings. The molecule has 0 spiro atoms. The van der Waals surface area contributed by atoms with Crippen LogP contribution < -0.4 is 10.5 Å². The van der Waals surface area contributed by atoms with Crippen molar-refractivity contribution in [2.24, 2.45) is 0 Å². The highest BCUT2D eigenvalue weighted by atomic mass is 16.5. The first-order chi connectivity index (χ1) is 9.66. The van der Waals surface area contributed by atoms with E-state index >= 15 is 0 Å². The summed E-state index contributed by atoms with van der Waals surface area (Å²) >= 11 is 0. The van der Waals surface area contributed by atoms with Gasteiger partial charge in [-0.2, -0.15) is 0 Å². The highest BCUT2D eigenvalue weighted by Crippen LogP contribution is 2.20. The molecule has 0 aliphatic heterocycles. The monoisotopic (exact) mass is 269 g/mol. The van der Waals surface area contributed by atoms with Crippen LogP contribution in [0.25, 0.3) is 0 Å². The van der Waals surface area contributed by atoms with Crippen LogP contribution in [0.2, 0.25) is 0 Å². The molecule has 0 amide bonds. The van der Waals surface area contributed by atoms with E-state index in [-0.39, 0.29) is 5.78 Å². The first-order valence-electron chi connectivity index (χ1n) is 6.74. The summed E-state index contributed by atoms with van der Waals surface area (Å²) < 4.78 is 5.65. The van der Waals surface area contributed by atoms with Crippen LogP contribution in [0, 0.1) is 0 Å². The minimum Gasteiger partial charge on any atom is -0.494 e. The Bertz CT molecular complexity index is 579. The molecule has 0 saturated carbocycles. The highest BCUT2D eigenvalue weighted by molar-refractivity contribution is 5.99. The fraction of sp³-hybridized carbons (Fsp3) is 0.235. The highest BCUT2D eigenvalue weighted by Gasteiger charge is 2.05. The van der Waals surface area contributed by atoms with Crippen molar-refractivity contribution in [2.45, 2.75) is 19.8 Å². The van der Waals surface area contributed by atoms with Gasteiger partial charge in [0.1, 0.15) is 5.75 Å². The van der Waals surface area contributed by atoms with Crippen LogP contribution in [0.3, 0.4) is 0 Å². The molecule has 2 rings (SSSR count). The standard InChI is InChI=1S/C17H19NO2/c1-13(19)16-10-9-15(12-17(16)18)20-11-5-8-14-6-3-2-4-7-14/h2-4,6-7,9-10,12H,5,8,11,18H2,1H3. The second-order valence-corrected chi connectivity index (χ2v) is 4.74. The third-order valence-corrected chi connectivity index (χ3v) is 3.12. The number of ether oxygens (including phenoxy) is 1. The number of hydrogen-bond acceptors (Lipinski definition) is 3. The van der Waals surface area contributed by atoms with E-state index in [2.05, 4.69) is 12.1 Å². The molecule has 3 nitrogen and oxygen atoms in total. The fourth-order valence-electron chi connectivity index (χ4n) is 2.06. The van der Waals surface area contributed by atoms with E-state index in [0.717, 1.165) is 12.8 Å². The van der Waals surface area contributed by atoms with Gasteiger partial charge in [0.2, 0.25) is 0 Å². The maximum Gasteiger partial charge on any atom is 0.161 e. The molecule has 0 aliphatic rings. The van der Waals surface area contributed by atoms with E-state index in [1.807, 2.05) is 18.2 Å². The van der Waals surface area contributed by atoms with Crippen LogP contribution in [-0.2, 0) is 6.42 Å². The largest absolute Gasteiger partial charge is 0.494 e. The predicted molar refractivity (Wildman–Crippen MR) is 81.1 cm³/mol. The number of hydrogen-bond donors (Lipinski definition) is 1. The van der Waals surface area contributed by atoms with Crippen LogP contribution in [-0.4, -0.2) is 12.4 Å². The lowest BCUT2D eigenvalue weighted by Crippen LogP contribution is -2.03. The lowest BCUT2D eigenvalue weighted by Gasteiger charge is -2.08. The Morgan fingerprint density at radius 2 is 1.90 bits per heavy atom. The Morgan fingerprint density at radius 3 is 2.55 bits per heavy atom. The van der Waals surface area contributed by atoms with Crippen LogP contribution >= 0.6 is 0 Å². The summed E-state index contributed by atoms with van der Waals surface area (Å²) in [6.07, 6.45) is 1.93. The smallest absolute Gasteiger partial charge is 0.161 e. The zero-order valence-electron chi connectivity index (χ0n) is 11.6. The van der Waals surface area contributed by atoms with Crippen molar-refractivity contribution in [3.8, 4) is 5.75 Å². The van der Waals surface area contributed by atoms with Crippen molar-refractivity contribution in [2.75, 3.05) is 12.3 Å². The average molecular weight is 269 g/mol. The van der Waals surface area contributed by atoms with E-state index in [4.69, 9.17) is 10.5 Å². The maximum absolute atomic E-state index is 11.3. The molecule has 0 bridgehead atoms. The number of benzene rings is 2. The molecule has 2 N–H and O–H groups in total. The Kier molecular flexibility index (Phi) is 4.77. The van der Waals surface area contributed by atoms with Crippen molar-refractivity contribution >= 4 is 11.5 Å². The van der Waals surface area contributed by atoms with Crippen molar-refractivity contribution in [3.63, 3.8) is 0 Å². The van der Waals surface area contributed by atoms with Crippen molar-refractivity contribution in [1.82, 2.24) is 0 Å². The summed E-state index contributed by atoms with van der Waals surface area (Å²) in [7, 11) is 0. The number of carbonyl (C=O) groups is 1. The zero-order chi connectivity index (χ0) is 14.4. The van der Waals surface area contributed by atoms with E-state index in [1.54, 1.807) is 18.2 Å². The summed E-state index contributed by atoms with van der Waals surface area (Å²) in [6, 6.07) is 15.5. The number of rotatable bonds is 6. The first kappa shape index (κ1) is 14.1. The Morgan fingerprint density at radius 1 is 1.15 bits per heavy atom. The van der Waals surface area contributed by atoms with Gasteiger partial charge in [0.25, 0.3) is 0 Å². The lowest BCUT2D eigenvalue weighted by atomic mass is 10.1. The molecule has 0 saturated heterocycles. The van der Waals surface area contributed by atoms with Gasteiger partial charge >= 0.3 is 0 Å². The van der Waals surface area contributed by atoms with Crippen LogP contribution in [0.1, 0.15) is 29.3 Å². The summed E-state index contributed by atoms with van der Waals surface area (Å²) in [6.45, 7) is 2.14. The number of carbonyl (C=O) groups excluding carboxylic acids is 1. The molecule has 104 valence electrons.